The smallest absolute Gasteiger partial charge is 0.264 e. The molecule has 0 saturated carbocycles. The Morgan fingerprint density at radius 3 is 2.42 bits per heavy atom. The number of carbonyl (C=O) groups excluding carboxylic acids is 1. The van der Waals surface area contributed by atoms with E-state index in [4.69, 9.17) is 20.3 Å². The van der Waals surface area contributed by atoms with E-state index in [0.29, 0.717) is 47.4 Å². The molecule has 1 amide bonds. The summed E-state index contributed by atoms with van der Waals surface area (Å²) in [5.41, 5.74) is 8.27. The number of nitrogens with two attached hydrogens (primary N) is 1. The van der Waals surface area contributed by atoms with Gasteiger partial charge >= 0.3 is 0 Å². The summed E-state index contributed by atoms with van der Waals surface area (Å²) in [6, 6.07) is 19.9. The van der Waals surface area contributed by atoms with Gasteiger partial charge < -0.3 is 20.1 Å². The lowest BCUT2D eigenvalue weighted by Crippen LogP contribution is -2.59. The van der Waals surface area contributed by atoms with Gasteiger partial charge in [0, 0.05) is 50.4 Å². The average molecular weight is 648 g/mol. The molecule has 1 atom stereocenters. The van der Waals surface area contributed by atoms with Gasteiger partial charge in [-0.1, -0.05) is 18.2 Å². The van der Waals surface area contributed by atoms with E-state index in [0.717, 1.165) is 63.5 Å². The predicted molar refractivity (Wildman–Crippen MR) is 182 cm³/mol. The average Bonchev–Trinajstić information content (AvgIpc) is 3.48. The molecule has 2 N–H and O–H groups in total. The van der Waals surface area contributed by atoms with Gasteiger partial charge in [-0.2, -0.15) is 10.4 Å². The molecule has 0 bridgehead atoms. The second kappa shape index (κ2) is 13.4. The van der Waals surface area contributed by atoms with Gasteiger partial charge in [0.2, 0.25) is 0 Å². The minimum atomic E-state index is -0.443. The Kier molecular flexibility index (Phi) is 8.83. The van der Waals surface area contributed by atoms with Gasteiger partial charge in [-0.25, -0.2) is 14.6 Å². The Morgan fingerprint density at radius 1 is 1.00 bits per heavy atom. The Bertz CT molecular complexity index is 1840. The summed E-state index contributed by atoms with van der Waals surface area (Å²) in [5, 5.41) is 15.9. The molecule has 12 heteroatoms. The molecule has 12 nitrogen and oxygen atoms in total. The first-order valence-electron chi connectivity index (χ1n) is 16.6. The lowest BCUT2D eigenvalue weighted by atomic mass is 9.96. The van der Waals surface area contributed by atoms with Crippen molar-refractivity contribution >= 4 is 22.8 Å². The molecule has 2 aromatic heterocycles. The zero-order chi connectivity index (χ0) is 33.3. The summed E-state index contributed by atoms with van der Waals surface area (Å²) >= 11 is 0. The highest BCUT2D eigenvalue weighted by Crippen LogP contribution is 2.35. The minimum Gasteiger partial charge on any atom is -0.457 e. The van der Waals surface area contributed by atoms with E-state index < -0.39 is 5.54 Å². The first-order chi connectivity index (χ1) is 23.3. The third-order valence-electron chi connectivity index (χ3n) is 9.77. The molecular weight excluding hydrogens is 606 g/mol. The number of likely N-dealkylation sites (tertiary alicyclic amines) is 1. The van der Waals surface area contributed by atoms with Gasteiger partial charge in [-0.3, -0.25) is 14.6 Å². The van der Waals surface area contributed by atoms with Crippen molar-refractivity contribution in [2.75, 3.05) is 58.2 Å². The molecule has 48 heavy (non-hydrogen) atoms. The van der Waals surface area contributed by atoms with Crippen LogP contribution in [0, 0.1) is 11.3 Å². The normalized spacial score (nSPS) is 20.0. The van der Waals surface area contributed by atoms with Crippen LogP contribution in [0.3, 0.4) is 0 Å². The van der Waals surface area contributed by atoms with Crippen molar-refractivity contribution in [3.05, 3.63) is 72.6 Å². The summed E-state index contributed by atoms with van der Waals surface area (Å²) < 4.78 is 13.2. The fourth-order valence-electron chi connectivity index (χ4n) is 6.95. The Hall–Kier alpha value is -4.83. The summed E-state index contributed by atoms with van der Waals surface area (Å²) in [7, 11) is 0. The molecule has 3 aliphatic rings. The van der Waals surface area contributed by atoms with E-state index in [1.165, 1.54) is 6.33 Å². The number of amides is 1. The van der Waals surface area contributed by atoms with Crippen LogP contribution >= 0.6 is 0 Å². The summed E-state index contributed by atoms with van der Waals surface area (Å²) in [4.78, 5) is 29.3. The maximum Gasteiger partial charge on any atom is 0.264 e. The number of benzene rings is 2. The number of aromatic nitrogens is 4. The van der Waals surface area contributed by atoms with Crippen LogP contribution in [0.4, 0.5) is 5.82 Å². The number of fused-ring (bicyclic) bond motifs is 1. The number of nitrogens with zero attached hydrogens (tertiary/aromatic N) is 8. The Balaban J connectivity index is 1.09. The molecule has 2 aromatic carbocycles. The molecule has 5 heterocycles. The van der Waals surface area contributed by atoms with E-state index in [1.54, 1.807) is 4.90 Å². The Morgan fingerprint density at radius 2 is 1.73 bits per heavy atom. The van der Waals surface area contributed by atoms with E-state index in [-0.39, 0.29) is 17.5 Å². The lowest BCUT2D eigenvalue weighted by Gasteiger charge is -2.46. The fourth-order valence-corrected chi connectivity index (χ4v) is 6.95. The van der Waals surface area contributed by atoms with Crippen LogP contribution in [-0.2, 0) is 9.53 Å². The van der Waals surface area contributed by atoms with Crippen LogP contribution in [0.5, 0.6) is 11.5 Å². The van der Waals surface area contributed by atoms with Gasteiger partial charge in [0.15, 0.2) is 5.65 Å². The summed E-state index contributed by atoms with van der Waals surface area (Å²) in [6.07, 6.45) is 4.87. The number of hydrogen-bond acceptors (Lipinski definition) is 10. The number of ether oxygens (including phenoxy) is 2. The number of carbonyl (C=O) groups is 1. The number of piperidine rings is 1. The molecule has 3 aliphatic heterocycles. The highest BCUT2D eigenvalue weighted by Gasteiger charge is 2.35. The largest absolute Gasteiger partial charge is 0.457 e. The summed E-state index contributed by atoms with van der Waals surface area (Å²) in [5.74, 6) is 1.55. The number of nitrogen functional groups attached to an aromatic ring is 1. The first-order valence-corrected chi connectivity index (χ1v) is 16.6. The van der Waals surface area contributed by atoms with E-state index >= 15 is 0 Å². The first kappa shape index (κ1) is 31.8. The van der Waals surface area contributed by atoms with Crippen LogP contribution < -0.4 is 10.5 Å². The topological polar surface area (TPSA) is 139 Å². The number of hydrogen-bond donors (Lipinski definition) is 1. The molecule has 248 valence electrons. The van der Waals surface area contributed by atoms with Crippen molar-refractivity contribution in [1.82, 2.24) is 34.4 Å². The van der Waals surface area contributed by atoms with Gasteiger partial charge in [0.05, 0.1) is 30.7 Å². The standard InChI is InChI=1S/C36H41N9O3/c1-36(2,44-17-15-42(16-18-44)28-22-47-23-28)19-26(20-37)35(46)43-14-6-7-27(21-43)45-34-31(33(38)39-24-40-34)32(41-45)25-10-12-30(13-11-25)48-29-8-4-3-5-9-29/h3-5,8-13,19,24,27-28H,6-7,14-18,21-23H2,1-2H3,(H2,38,39,40). The molecule has 0 radical (unpaired) electrons. The molecule has 1 unspecified atom stereocenters. The monoisotopic (exact) mass is 647 g/mol. The molecule has 0 aliphatic carbocycles. The number of piperazine rings is 1. The number of rotatable bonds is 8. The van der Waals surface area contributed by atoms with Crippen LogP contribution in [0.2, 0.25) is 0 Å². The third kappa shape index (κ3) is 6.36. The van der Waals surface area contributed by atoms with Gasteiger partial charge in [0.25, 0.3) is 5.91 Å². The van der Waals surface area contributed by atoms with E-state index in [9.17, 15) is 10.1 Å². The second-order valence-electron chi connectivity index (χ2n) is 13.3. The number of para-hydroxylation sites is 1. The molecule has 0 spiro atoms. The molecule has 4 aromatic rings. The molecule has 3 saturated heterocycles. The zero-order valence-electron chi connectivity index (χ0n) is 27.5. The summed E-state index contributed by atoms with van der Waals surface area (Å²) in [6.45, 7) is 10.4. The fraction of sp³-hybridized carbons (Fsp3) is 0.417. The van der Waals surface area contributed by atoms with Gasteiger partial charge in [-0.05, 0) is 69.2 Å². The van der Waals surface area contributed by atoms with Gasteiger partial charge in [0.1, 0.15) is 41.0 Å². The van der Waals surface area contributed by atoms with Crippen LogP contribution in [0.25, 0.3) is 22.3 Å². The SMILES string of the molecule is CC(C)(C=C(C#N)C(=O)N1CCCC(n2nc(-c3ccc(Oc4ccccc4)cc3)c3c(N)ncnc32)C1)N1CCN(C2COC2)CC1. The van der Waals surface area contributed by atoms with E-state index in [1.807, 2.05) is 65.4 Å². The Labute approximate surface area is 280 Å². The zero-order valence-corrected chi connectivity index (χ0v) is 27.5. The van der Waals surface area contributed by atoms with Crippen molar-refractivity contribution in [3.8, 4) is 28.8 Å². The van der Waals surface area contributed by atoms with Gasteiger partial charge in [-0.15, -0.1) is 0 Å². The van der Waals surface area contributed by atoms with Crippen molar-refractivity contribution < 1.29 is 14.3 Å². The molecule has 7 rings (SSSR count). The van der Waals surface area contributed by atoms with Crippen molar-refractivity contribution in [3.63, 3.8) is 0 Å². The second-order valence-corrected chi connectivity index (χ2v) is 13.3. The van der Waals surface area contributed by atoms with Crippen LogP contribution in [0.1, 0.15) is 32.7 Å². The molecular formula is C36H41N9O3. The van der Waals surface area contributed by atoms with Crippen molar-refractivity contribution in [1.29, 1.82) is 5.26 Å². The predicted octanol–water partition coefficient (Wildman–Crippen LogP) is 4.28. The third-order valence-corrected chi connectivity index (χ3v) is 9.77. The molecule has 3 fully saturated rings. The lowest BCUT2D eigenvalue weighted by molar-refractivity contribution is -0.128. The quantitative estimate of drug-likeness (QED) is 0.218. The van der Waals surface area contributed by atoms with E-state index in [2.05, 4.69) is 39.7 Å². The number of nitriles is 1. The van der Waals surface area contributed by atoms with Crippen LogP contribution in [0.15, 0.2) is 72.6 Å². The highest BCUT2D eigenvalue weighted by atomic mass is 16.5. The maximum atomic E-state index is 13.9. The van der Waals surface area contributed by atoms with Crippen LogP contribution in [-0.4, -0.2) is 104 Å². The van der Waals surface area contributed by atoms with Crippen molar-refractivity contribution in [2.24, 2.45) is 0 Å². The maximum absolute atomic E-state index is 13.9. The van der Waals surface area contributed by atoms with Crippen molar-refractivity contribution in [2.45, 2.75) is 44.3 Å². The number of anilines is 1. The minimum absolute atomic E-state index is 0.148. The highest BCUT2D eigenvalue weighted by molar-refractivity contribution is 5.99.